The van der Waals surface area contributed by atoms with Crippen LogP contribution in [0, 0.1) is 6.92 Å². The predicted molar refractivity (Wildman–Crippen MR) is 198 cm³/mol. The summed E-state index contributed by atoms with van der Waals surface area (Å²) >= 11 is 1.02. The number of aryl methyl sites for hydroxylation is 1. The summed E-state index contributed by atoms with van der Waals surface area (Å²) in [5, 5.41) is 3.21. The summed E-state index contributed by atoms with van der Waals surface area (Å²) in [5.74, 6) is -1.11. The first-order valence-corrected chi connectivity index (χ1v) is 16.8. The van der Waals surface area contributed by atoms with Gasteiger partial charge in [-0.2, -0.15) is 4.99 Å². The van der Waals surface area contributed by atoms with Gasteiger partial charge in [-0.1, -0.05) is 145 Å². The second-order valence-electron chi connectivity index (χ2n) is 11.1. The van der Waals surface area contributed by atoms with Gasteiger partial charge in [-0.25, -0.2) is 0 Å². The van der Waals surface area contributed by atoms with Gasteiger partial charge in [0.1, 0.15) is 17.9 Å². The van der Waals surface area contributed by atoms with Crippen LogP contribution in [0.15, 0.2) is 156 Å². The molecule has 1 heterocycles. The molecule has 0 unspecified atom stereocenters. The lowest BCUT2D eigenvalue weighted by Crippen LogP contribution is -2.42. The first kappa shape index (κ1) is 34.6. The minimum Gasteiger partial charge on any atom is -0.488 e. The number of aliphatic imine (C=N–C) groups is 1. The number of carbonyl (C=O) groups is 3. The molecule has 1 aliphatic rings. The summed E-state index contributed by atoms with van der Waals surface area (Å²) in [6, 6.07) is 34.2. The number of benzene rings is 4. The molecule has 3 amide bonds. The highest BCUT2D eigenvalue weighted by Gasteiger charge is 2.35. The van der Waals surface area contributed by atoms with Crippen molar-refractivity contribution < 1.29 is 19.1 Å². The molecule has 0 saturated carbocycles. The number of para-hydroxylation sites is 1. The average Bonchev–Trinajstić information content (AvgIpc) is 3.12. The number of rotatable bonds is 12. The van der Waals surface area contributed by atoms with Crippen LogP contribution in [-0.4, -0.2) is 33.5 Å². The summed E-state index contributed by atoms with van der Waals surface area (Å²) in [6.07, 6.45) is 8.23. The molecule has 0 atom stereocenters. The van der Waals surface area contributed by atoms with E-state index < -0.39 is 11.8 Å². The molecule has 246 valence electrons. The maximum absolute atomic E-state index is 14.1. The molecule has 0 bridgehead atoms. The highest BCUT2D eigenvalue weighted by molar-refractivity contribution is 8.14. The topological polar surface area (TPSA) is 88.1 Å². The molecule has 0 spiro atoms. The van der Waals surface area contributed by atoms with Gasteiger partial charge in [-0.05, 0) is 48.8 Å². The SMILES string of the molecule is C=C/C=C\C(=C/C)N1C(=O)/C(=C/c2ccccc2OCc2cccc(C)c2)C(=O)N=C1SCC(=O)NC(c1ccccc1)c1ccccc1. The Hall–Kier alpha value is -5.73. The van der Waals surface area contributed by atoms with Crippen LogP contribution in [0.2, 0.25) is 0 Å². The molecular weight excluding hydrogens is 631 g/mol. The van der Waals surface area contributed by atoms with Crippen molar-refractivity contribution in [2.45, 2.75) is 26.5 Å². The number of allylic oxidation sites excluding steroid dienone is 4. The monoisotopic (exact) mass is 667 g/mol. The van der Waals surface area contributed by atoms with Crippen LogP contribution in [0.4, 0.5) is 0 Å². The number of amidine groups is 1. The summed E-state index contributed by atoms with van der Waals surface area (Å²) in [5.41, 5.74) is 4.89. The van der Waals surface area contributed by atoms with Crippen LogP contribution in [0.25, 0.3) is 6.08 Å². The fourth-order valence-corrected chi connectivity index (χ4v) is 6.05. The fraction of sp³-hybridized carbons (Fsp3) is 0.122. The highest BCUT2D eigenvalue weighted by Crippen LogP contribution is 2.29. The first-order valence-electron chi connectivity index (χ1n) is 15.8. The van der Waals surface area contributed by atoms with Crippen molar-refractivity contribution in [2.75, 3.05) is 5.75 Å². The van der Waals surface area contributed by atoms with Gasteiger partial charge in [0.25, 0.3) is 11.8 Å². The number of carbonyl (C=O) groups excluding carboxylic acids is 3. The minimum absolute atomic E-state index is 0.0804. The van der Waals surface area contributed by atoms with E-state index in [0.29, 0.717) is 23.6 Å². The molecule has 5 rings (SSSR count). The molecule has 8 heteroatoms. The average molecular weight is 668 g/mol. The summed E-state index contributed by atoms with van der Waals surface area (Å²) in [7, 11) is 0. The fourth-order valence-electron chi connectivity index (χ4n) is 5.24. The van der Waals surface area contributed by atoms with E-state index in [2.05, 4.69) is 16.9 Å². The summed E-state index contributed by atoms with van der Waals surface area (Å²) in [4.78, 5) is 46.7. The quantitative estimate of drug-likeness (QED) is 0.0941. The third kappa shape index (κ3) is 9.00. The Kier molecular flexibility index (Phi) is 11.9. The Bertz CT molecular complexity index is 1910. The summed E-state index contributed by atoms with van der Waals surface area (Å²) < 4.78 is 6.12. The van der Waals surface area contributed by atoms with E-state index in [1.807, 2.05) is 104 Å². The van der Waals surface area contributed by atoms with Gasteiger partial charge in [0.05, 0.1) is 11.8 Å². The molecule has 49 heavy (non-hydrogen) atoms. The zero-order valence-corrected chi connectivity index (χ0v) is 28.2. The van der Waals surface area contributed by atoms with Crippen molar-refractivity contribution in [3.05, 3.63) is 179 Å². The van der Waals surface area contributed by atoms with Crippen LogP contribution in [-0.2, 0) is 21.0 Å². The molecule has 1 N–H and O–H groups in total. The van der Waals surface area contributed by atoms with Crippen molar-refractivity contribution in [1.29, 1.82) is 0 Å². The molecule has 0 radical (unpaired) electrons. The Morgan fingerprint density at radius 1 is 0.939 bits per heavy atom. The minimum atomic E-state index is -0.702. The van der Waals surface area contributed by atoms with Gasteiger partial charge >= 0.3 is 0 Å². The smallest absolute Gasteiger partial charge is 0.285 e. The summed E-state index contributed by atoms with van der Waals surface area (Å²) in [6.45, 7) is 7.86. The van der Waals surface area contributed by atoms with E-state index in [4.69, 9.17) is 4.74 Å². The van der Waals surface area contributed by atoms with E-state index in [-0.39, 0.29) is 28.4 Å². The number of hydrogen-bond donors (Lipinski definition) is 1. The van der Waals surface area contributed by atoms with Crippen molar-refractivity contribution >= 4 is 40.7 Å². The van der Waals surface area contributed by atoms with E-state index in [9.17, 15) is 14.4 Å². The lowest BCUT2D eigenvalue weighted by Gasteiger charge is -2.28. The van der Waals surface area contributed by atoms with Gasteiger partial charge in [-0.15, -0.1) is 0 Å². The number of nitrogens with zero attached hydrogens (tertiary/aromatic N) is 2. The molecule has 4 aromatic carbocycles. The third-order valence-corrected chi connectivity index (χ3v) is 8.55. The van der Waals surface area contributed by atoms with Gasteiger partial charge in [0, 0.05) is 11.3 Å². The zero-order valence-electron chi connectivity index (χ0n) is 27.4. The molecule has 0 fully saturated rings. The molecule has 0 aliphatic carbocycles. The van der Waals surface area contributed by atoms with E-state index >= 15 is 0 Å². The Balaban J connectivity index is 1.40. The number of thioether (sulfide) groups is 1. The lowest BCUT2D eigenvalue weighted by molar-refractivity contribution is -0.126. The van der Waals surface area contributed by atoms with Gasteiger partial charge in [0.2, 0.25) is 5.91 Å². The number of amides is 3. The maximum atomic E-state index is 14.1. The largest absolute Gasteiger partial charge is 0.488 e. The molecule has 7 nitrogen and oxygen atoms in total. The molecule has 4 aromatic rings. The number of hydrogen-bond acceptors (Lipinski definition) is 5. The maximum Gasteiger partial charge on any atom is 0.285 e. The van der Waals surface area contributed by atoms with Crippen LogP contribution in [0.3, 0.4) is 0 Å². The Morgan fingerprint density at radius 3 is 2.27 bits per heavy atom. The second kappa shape index (κ2) is 16.9. The third-order valence-electron chi connectivity index (χ3n) is 7.61. The number of ether oxygens (including phenoxy) is 1. The molecule has 0 saturated heterocycles. The normalized spacial score (nSPS) is 14.3. The van der Waals surface area contributed by atoms with E-state index in [0.717, 1.165) is 34.0 Å². The van der Waals surface area contributed by atoms with Crippen LogP contribution in [0.1, 0.15) is 40.8 Å². The zero-order chi connectivity index (χ0) is 34.6. The standard InChI is InChI=1S/C41H37N3O4S/c1-4-6-23-34(5-2)44-40(47)35(26-33-22-13-14-24-36(33)48-27-30-17-15-16-29(3)25-30)39(46)43-41(44)49-28-37(45)42-38(31-18-9-7-10-19-31)32-20-11-8-12-21-32/h4-26,38H,1,27-28H2,2-3H3,(H,42,45)/b23-6-,34-5+,35-26+. The highest BCUT2D eigenvalue weighted by atomic mass is 32.2. The number of nitrogens with one attached hydrogen (secondary N) is 1. The van der Waals surface area contributed by atoms with Crippen molar-refractivity contribution in [1.82, 2.24) is 10.2 Å². The van der Waals surface area contributed by atoms with Gasteiger partial charge in [0.15, 0.2) is 5.17 Å². The van der Waals surface area contributed by atoms with Crippen molar-refractivity contribution in [2.24, 2.45) is 4.99 Å². The van der Waals surface area contributed by atoms with Crippen LogP contribution in [0.5, 0.6) is 5.75 Å². The van der Waals surface area contributed by atoms with Crippen LogP contribution >= 0.6 is 11.8 Å². The predicted octanol–water partition coefficient (Wildman–Crippen LogP) is 7.97. The van der Waals surface area contributed by atoms with Crippen molar-refractivity contribution in [3.63, 3.8) is 0 Å². The van der Waals surface area contributed by atoms with Gasteiger partial charge < -0.3 is 10.1 Å². The first-order chi connectivity index (χ1) is 23.9. The van der Waals surface area contributed by atoms with Gasteiger partial charge in [-0.3, -0.25) is 19.3 Å². The second-order valence-corrected chi connectivity index (χ2v) is 12.1. The molecular formula is C41H37N3O4S. The van der Waals surface area contributed by atoms with Crippen LogP contribution < -0.4 is 10.1 Å². The van der Waals surface area contributed by atoms with E-state index in [1.54, 1.807) is 43.4 Å². The lowest BCUT2D eigenvalue weighted by atomic mass is 9.99. The Morgan fingerprint density at radius 2 is 1.61 bits per heavy atom. The Labute approximate surface area is 291 Å². The van der Waals surface area contributed by atoms with E-state index in [1.165, 1.54) is 11.0 Å². The van der Waals surface area contributed by atoms with Crippen molar-refractivity contribution in [3.8, 4) is 5.75 Å². The molecule has 1 aliphatic heterocycles. The molecule has 0 aromatic heterocycles.